The second-order valence-corrected chi connectivity index (χ2v) is 8.99. The van der Waals surface area contributed by atoms with Gasteiger partial charge in [0.1, 0.15) is 11.8 Å². The molecule has 4 aromatic carbocycles. The number of nitrogens with one attached hydrogen (secondary N) is 3. The maximum Gasteiger partial charge on any atom is 0.241 e. The molecular formula is C31H30N4O2. The molecule has 37 heavy (non-hydrogen) atoms. The molecule has 0 spiro atoms. The van der Waals surface area contributed by atoms with Crippen molar-refractivity contribution < 1.29 is 9.59 Å². The number of hydrogen-bond donors (Lipinski definition) is 4. The summed E-state index contributed by atoms with van der Waals surface area (Å²) in [5.41, 5.74) is 10.4. The van der Waals surface area contributed by atoms with E-state index in [-0.39, 0.29) is 17.8 Å². The minimum atomic E-state index is -1.06. The van der Waals surface area contributed by atoms with Crippen LogP contribution in [0.25, 0.3) is 0 Å². The van der Waals surface area contributed by atoms with Gasteiger partial charge in [-0.2, -0.15) is 0 Å². The molecule has 4 rings (SSSR count). The lowest BCUT2D eigenvalue weighted by Crippen LogP contribution is -2.39. The van der Waals surface area contributed by atoms with Crippen molar-refractivity contribution in [3.63, 3.8) is 0 Å². The number of aryl methyl sites for hydroxylation is 1. The van der Waals surface area contributed by atoms with Crippen molar-refractivity contribution in [1.29, 1.82) is 5.41 Å². The van der Waals surface area contributed by atoms with Gasteiger partial charge in [0.2, 0.25) is 11.8 Å². The second-order valence-electron chi connectivity index (χ2n) is 8.99. The quantitative estimate of drug-likeness (QED) is 0.149. The first-order chi connectivity index (χ1) is 17.9. The second kappa shape index (κ2) is 11.8. The van der Waals surface area contributed by atoms with Gasteiger partial charge in [-0.25, -0.2) is 0 Å². The highest BCUT2D eigenvalue weighted by atomic mass is 16.2. The maximum absolute atomic E-state index is 13.7. The summed E-state index contributed by atoms with van der Waals surface area (Å²) in [6, 6.07) is 33.4. The number of carbonyl (C=O) groups is 2. The Morgan fingerprint density at radius 1 is 0.757 bits per heavy atom. The van der Waals surface area contributed by atoms with Crippen LogP contribution in [0.2, 0.25) is 0 Å². The Hall–Kier alpha value is -4.71. The van der Waals surface area contributed by atoms with Gasteiger partial charge in [0.05, 0.1) is 6.04 Å². The average Bonchev–Trinajstić information content (AvgIpc) is 2.91. The Kier molecular flexibility index (Phi) is 8.11. The number of carbonyl (C=O) groups excluding carboxylic acids is 2. The van der Waals surface area contributed by atoms with Crippen molar-refractivity contribution in [3.05, 3.63) is 137 Å². The number of benzene rings is 4. The first-order valence-corrected chi connectivity index (χ1v) is 12.1. The molecule has 5 N–H and O–H groups in total. The lowest BCUT2D eigenvalue weighted by Gasteiger charge is -2.23. The van der Waals surface area contributed by atoms with E-state index in [0.29, 0.717) is 23.2 Å². The van der Waals surface area contributed by atoms with E-state index < -0.39 is 11.8 Å². The van der Waals surface area contributed by atoms with E-state index in [4.69, 9.17) is 11.1 Å². The number of anilines is 1. The summed E-state index contributed by atoms with van der Waals surface area (Å²) in [6.45, 7) is 2.04. The van der Waals surface area contributed by atoms with Crippen LogP contribution in [0.5, 0.6) is 0 Å². The Bertz CT molecular complexity index is 1350. The van der Waals surface area contributed by atoms with Crippen LogP contribution in [0, 0.1) is 12.3 Å². The van der Waals surface area contributed by atoms with Crippen LogP contribution >= 0.6 is 0 Å². The van der Waals surface area contributed by atoms with Crippen molar-refractivity contribution in [3.8, 4) is 0 Å². The van der Waals surface area contributed by atoms with Gasteiger partial charge in [0.25, 0.3) is 0 Å². The van der Waals surface area contributed by atoms with Crippen LogP contribution < -0.4 is 16.4 Å². The molecule has 4 aromatic rings. The van der Waals surface area contributed by atoms with Crippen molar-refractivity contribution >= 4 is 23.3 Å². The number of nitrogens with two attached hydrogens (primary N) is 1. The fourth-order valence-electron chi connectivity index (χ4n) is 4.17. The van der Waals surface area contributed by atoms with Crippen molar-refractivity contribution in [2.45, 2.75) is 25.3 Å². The van der Waals surface area contributed by atoms with Crippen LogP contribution in [0.1, 0.15) is 39.8 Å². The van der Waals surface area contributed by atoms with Gasteiger partial charge in [0.15, 0.2) is 0 Å². The summed E-state index contributed by atoms with van der Waals surface area (Å²) in [7, 11) is 0. The molecule has 2 amide bonds. The molecule has 2 atom stereocenters. The van der Waals surface area contributed by atoms with Gasteiger partial charge in [-0.05, 0) is 54.3 Å². The molecule has 6 heteroatoms. The lowest BCUT2D eigenvalue weighted by molar-refractivity contribution is -0.129. The highest BCUT2D eigenvalue weighted by Gasteiger charge is 2.30. The van der Waals surface area contributed by atoms with E-state index >= 15 is 0 Å². The SMILES string of the molecule is Cc1ccc(CC(NC(=O)C(C(=O)Nc2ccc(C(=N)N)cc2)c2ccccc2)c2ccccc2)cc1. The molecular weight excluding hydrogens is 460 g/mol. The van der Waals surface area contributed by atoms with Crippen LogP contribution in [-0.4, -0.2) is 17.6 Å². The van der Waals surface area contributed by atoms with Gasteiger partial charge in [-0.3, -0.25) is 15.0 Å². The predicted octanol–water partition coefficient (Wildman–Crippen LogP) is 5.10. The first kappa shape index (κ1) is 25.4. The summed E-state index contributed by atoms with van der Waals surface area (Å²) in [4.78, 5) is 27.2. The third-order valence-electron chi connectivity index (χ3n) is 6.20. The molecule has 6 nitrogen and oxygen atoms in total. The first-order valence-electron chi connectivity index (χ1n) is 12.1. The van der Waals surface area contributed by atoms with Gasteiger partial charge in [-0.15, -0.1) is 0 Å². The summed E-state index contributed by atoms with van der Waals surface area (Å²) in [5, 5.41) is 13.5. The van der Waals surface area contributed by atoms with E-state index in [0.717, 1.165) is 11.1 Å². The molecule has 0 fully saturated rings. The molecule has 0 aliphatic heterocycles. The Labute approximate surface area is 217 Å². The van der Waals surface area contributed by atoms with Crippen LogP contribution in [-0.2, 0) is 16.0 Å². The van der Waals surface area contributed by atoms with Gasteiger partial charge in [-0.1, -0.05) is 90.5 Å². The number of amides is 2. The van der Waals surface area contributed by atoms with E-state index in [9.17, 15) is 9.59 Å². The van der Waals surface area contributed by atoms with Gasteiger partial charge in [0, 0.05) is 11.3 Å². The summed E-state index contributed by atoms with van der Waals surface area (Å²) >= 11 is 0. The van der Waals surface area contributed by atoms with Crippen molar-refractivity contribution in [1.82, 2.24) is 5.32 Å². The van der Waals surface area contributed by atoms with E-state index in [2.05, 4.69) is 34.9 Å². The molecule has 0 aliphatic carbocycles. The zero-order valence-electron chi connectivity index (χ0n) is 20.6. The smallest absolute Gasteiger partial charge is 0.241 e. The number of hydrogen-bond acceptors (Lipinski definition) is 3. The van der Waals surface area contributed by atoms with Crippen LogP contribution in [0.4, 0.5) is 5.69 Å². The maximum atomic E-state index is 13.7. The minimum absolute atomic E-state index is 0.0556. The monoisotopic (exact) mass is 490 g/mol. The normalized spacial score (nSPS) is 12.2. The molecule has 0 aromatic heterocycles. The average molecular weight is 491 g/mol. The topological polar surface area (TPSA) is 108 Å². The molecule has 0 radical (unpaired) electrons. The number of amidine groups is 1. The minimum Gasteiger partial charge on any atom is -0.384 e. The third kappa shape index (κ3) is 6.70. The fourth-order valence-corrected chi connectivity index (χ4v) is 4.17. The number of nitrogen functional groups attached to an aromatic ring is 1. The zero-order chi connectivity index (χ0) is 26.2. The van der Waals surface area contributed by atoms with E-state index in [1.54, 1.807) is 36.4 Å². The molecule has 0 saturated heterocycles. The molecule has 0 heterocycles. The highest BCUT2D eigenvalue weighted by molar-refractivity contribution is 6.11. The fraction of sp³-hybridized carbons (Fsp3) is 0.129. The predicted molar refractivity (Wildman–Crippen MR) is 147 cm³/mol. The summed E-state index contributed by atoms with van der Waals surface area (Å²) in [6.07, 6.45) is 0.589. The standard InChI is InChI=1S/C31H30N4O2/c1-21-12-14-22(15-13-21)20-27(23-8-4-2-5-9-23)35-31(37)28(24-10-6-3-7-11-24)30(36)34-26-18-16-25(17-19-26)29(32)33/h2-19,27-28H,20H2,1H3,(H3,32,33)(H,34,36)(H,35,37). The highest BCUT2D eigenvalue weighted by Crippen LogP contribution is 2.24. The van der Waals surface area contributed by atoms with Crippen molar-refractivity contribution in [2.75, 3.05) is 5.32 Å². The van der Waals surface area contributed by atoms with E-state index in [1.807, 2.05) is 55.5 Å². The molecule has 186 valence electrons. The Morgan fingerprint density at radius 2 is 1.32 bits per heavy atom. The van der Waals surface area contributed by atoms with E-state index in [1.165, 1.54) is 5.56 Å². The van der Waals surface area contributed by atoms with Crippen LogP contribution in [0.15, 0.2) is 109 Å². The van der Waals surface area contributed by atoms with Crippen molar-refractivity contribution in [2.24, 2.45) is 5.73 Å². The Balaban J connectivity index is 1.60. The molecule has 2 unspecified atom stereocenters. The summed E-state index contributed by atoms with van der Waals surface area (Å²) in [5.74, 6) is -1.94. The summed E-state index contributed by atoms with van der Waals surface area (Å²) < 4.78 is 0. The molecule has 0 bridgehead atoms. The van der Waals surface area contributed by atoms with Gasteiger partial charge >= 0.3 is 0 Å². The largest absolute Gasteiger partial charge is 0.384 e. The third-order valence-corrected chi connectivity index (χ3v) is 6.20. The number of rotatable bonds is 9. The lowest BCUT2D eigenvalue weighted by atomic mass is 9.94. The molecule has 0 saturated carbocycles. The Morgan fingerprint density at radius 3 is 1.89 bits per heavy atom. The van der Waals surface area contributed by atoms with Crippen LogP contribution in [0.3, 0.4) is 0 Å². The zero-order valence-corrected chi connectivity index (χ0v) is 20.6. The molecule has 0 aliphatic rings. The van der Waals surface area contributed by atoms with Gasteiger partial charge < -0.3 is 16.4 Å².